The fourth-order valence-electron chi connectivity index (χ4n) is 2.66. The molecule has 0 bridgehead atoms. The maximum absolute atomic E-state index is 12.2. The van der Waals surface area contributed by atoms with Gasteiger partial charge in [-0.25, -0.2) is 0 Å². The van der Waals surface area contributed by atoms with Gasteiger partial charge in [-0.15, -0.1) is 12.4 Å². The molecule has 1 aliphatic rings. The molecule has 118 valence electrons. The van der Waals surface area contributed by atoms with Crippen molar-refractivity contribution in [1.82, 2.24) is 10.6 Å². The summed E-state index contributed by atoms with van der Waals surface area (Å²) < 4.78 is 4.96. The predicted molar refractivity (Wildman–Crippen MR) is 87.5 cm³/mol. The van der Waals surface area contributed by atoms with Crippen LogP contribution in [-0.4, -0.2) is 39.3 Å². The summed E-state index contributed by atoms with van der Waals surface area (Å²) in [4.78, 5) is 12.2. The molecule has 0 saturated carbocycles. The summed E-state index contributed by atoms with van der Waals surface area (Å²) in [5, 5.41) is 6.27. The van der Waals surface area contributed by atoms with E-state index in [9.17, 15) is 4.79 Å². The van der Waals surface area contributed by atoms with E-state index in [-0.39, 0.29) is 18.3 Å². The normalized spacial score (nSPS) is 15.3. The Balaban J connectivity index is 0.00000220. The van der Waals surface area contributed by atoms with Gasteiger partial charge in [-0.05, 0) is 56.0 Å². The largest absolute Gasteiger partial charge is 0.383 e. The first kappa shape index (κ1) is 18.0. The second-order valence-electron chi connectivity index (χ2n) is 5.35. The molecule has 1 saturated heterocycles. The van der Waals surface area contributed by atoms with E-state index < -0.39 is 0 Å². The highest BCUT2D eigenvalue weighted by atomic mass is 35.5. The summed E-state index contributed by atoms with van der Waals surface area (Å²) in [5.41, 5.74) is 3.10. The molecule has 1 amide bonds. The quantitative estimate of drug-likeness (QED) is 0.820. The predicted octanol–water partition coefficient (Wildman–Crippen LogP) is 2.26. The van der Waals surface area contributed by atoms with Crippen LogP contribution in [0.4, 0.5) is 0 Å². The standard InChI is InChI=1S/C16H24N2O2.ClH/c1-12-3-4-14(13-5-7-17-8-6-13)11-15(12)16(19)18-9-10-20-2;/h3-4,11,13,17H,5-10H2,1-2H3,(H,18,19);1H. The zero-order valence-electron chi connectivity index (χ0n) is 12.8. The van der Waals surface area contributed by atoms with Crippen molar-refractivity contribution in [2.45, 2.75) is 25.7 Å². The number of rotatable bonds is 5. The van der Waals surface area contributed by atoms with Crippen LogP contribution in [0.3, 0.4) is 0 Å². The summed E-state index contributed by atoms with van der Waals surface area (Å²) in [6, 6.07) is 6.29. The summed E-state index contributed by atoms with van der Waals surface area (Å²) in [6.45, 7) is 5.20. The third-order valence-corrected chi connectivity index (χ3v) is 3.91. The molecule has 0 spiro atoms. The molecule has 0 aliphatic carbocycles. The number of piperidine rings is 1. The van der Waals surface area contributed by atoms with Crippen molar-refractivity contribution in [3.8, 4) is 0 Å². The minimum Gasteiger partial charge on any atom is -0.383 e. The lowest BCUT2D eigenvalue weighted by atomic mass is 9.88. The lowest BCUT2D eigenvalue weighted by Crippen LogP contribution is -2.28. The van der Waals surface area contributed by atoms with Crippen LogP contribution in [0.2, 0.25) is 0 Å². The number of carbonyl (C=O) groups excluding carboxylic acids is 1. The van der Waals surface area contributed by atoms with Gasteiger partial charge >= 0.3 is 0 Å². The number of amides is 1. The van der Waals surface area contributed by atoms with Crippen LogP contribution < -0.4 is 10.6 Å². The van der Waals surface area contributed by atoms with Crippen molar-refractivity contribution >= 4 is 18.3 Å². The molecule has 1 aromatic rings. The van der Waals surface area contributed by atoms with E-state index in [1.165, 1.54) is 5.56 Å². The average Bonchev–Trinajstić information content (AvgIpc) is 2.49. The molecule has 1 heterocycles. The number of benzene rings is 1. The van der Waals surface area contributed by atoms with Crippen molar-refractivity contribution in [1.29, 1.82) is 0 Å². The van der Waals surface area contributed by atoms with E-state index in [2.05, 4.69) is 28.8 Å². The van der Waals surface area contributed by atoms with Crippen LogP contribution in [0.1, 0.15) is 40.2 Å². The summed E-state index contributed by atoms with van der Waals surface area (Å²) in [5.74, 6) is 0.567. The van der Waals surface area contributed by atoms with E-state index in [0.717, 1.165) is 37.1 Å². The van der Waals surface area contributed by atoms with Crippen LogP contribution >= 0.6 is 12.4 Å². The van der Waals surface area contributed by atoms with Crippen LogP contribution in [0.25, 0.3) is 0 Å². The van der Waals surface area contributed by atoms with Crippen LogP contribution in [0.15, 0.2) is 18.2 Å². The van der Waals surface area contributed by atoms with Gasteiger partial charge in [-0.3, -0.25) is 4.79 Å². The monoisotopic (exact) mass is 312 g/mol. The highest BCUT2D eigenvalue weighted by Gasteiger charge is 2.17. The molecule has 0 atom stereocenters. The number of carbonyl (C=O) groups is 1. The molecule has 1 fully saturated rings. The third kappa shape index (κ3) is 4.99. The molecule has 0 aromatic heterocycles. The van der Waals surface area contributed by atoms with Crippen molar-refractivity contribution in [3.05, 3.63) is 34.9 Å². The van der Waals surface area contributed by atoms with Crippen molar-refractivity contribution < 1.29 is 9.53 Å². The minimum atomic E-state index is -0.00432. The Kier molecular flexibility index (Phi) is 7.72. The number of nitrogens with one attached hydrogen (secondary N) is 2. The average molecular weight is 313 g/mol. The minimum absolute atomic E-state index is 0. The second-order valence-corrected chi connectivity index (χ2v) is 5.35. The van der Waals surface area contributed by atoms with Gasteiger partial charge < -0.3 is 15.4 Å². The summed E-state index contributed by atoms with van der Waals surface area (Å²) >= 11 is 0. The van der Waals surface area contributed by atoms with Crippen molar-refractivity contribution in [3.63, 3.8) is 0 Å². The van der Waals surface area contributed by atoms with Crippen LogP contribution in [0.5, 0.6) is 0 Å². The lowest BCUT2D eigenvalue weighted by Gasteiger charge is -2.23. The number of ether oxygens (including phenoxy) is 1. The fourth-order valence-corrected chi connectivity index (χ4v) is 2.66. The molecule has 1 aromatic carbocycles. The number of methoxy groups -OCH3 is 1. The Bertz CT molecular complexity index is 460. The third-order valence-electron chi connectivity index (χ3n) is 3.91. The highest BCUT2D eigenvalue weighted by molar-refractivity contribution is 5.95. The molecular weight excluding hydrogens is 288 g/mol. The lowest BCUT2D eigenvalue weighted by molar-refractivity contribution is 0.0936. The van der Waals surface area contributed by atoms with E-state index in [1.807, 2.05) is 6.92 Å². The summed E-state index contributed by atoms with van der Waals surface area (Å²) in [6.07, 6.45) is 2.29. The Morgan fingerprint density at radius 2 is 2.10 bits per heavy atom. The Morgan fingerprint density at radius 1 is 1.38 bits per heavy atom. The molecule has 2 N–H and O–H groups in total. The Labute approximate surface area is 133 Å². The van der Waals surface area contributed by atoms with Gasteiger partial charge in [-0.2, -0.15) is 0 Å². The topological polar surface area (TPSA) is 50.4 Å². The molecule has 0 radical (unpaired) electrons. The van der Waals surface area contributed by atoms with Crippen molar-refractivity contribution in [2.75, 3.05) is 33.4 Å². The van der Waals surface area contributed by atoms with Crippen LogP contribution in [-0.2, 0) is 4.74 Å². The van der Waals surface area contributed by atoms with Gasteiger partial charge in [0.15, 0.2) is 0 Å². The van der Waals surface area contributed by atoms with E-state index in [0.29, 0.717) is 19.1 Å². The first-order valence-electron chi connectivity index (χ1n) is 7.30. The Hall–Kier alpha value is -1.10. The molecule has 0 unspecified atom stereocenters. The smallest absolute Gasteiger partial charge is 0.251 e. The first-order chi connectivity index (χ1) is 9.72. The highest BCUT2D eigenvalue weighted by Crippen LogP contribution is 2.26. The number of halogens is 1. The first-order valence-corrected chi connectivity index (χ1v) is 7.30. The van der Waals surface area contributed by atoms with E-state index in [4.69, 9.17) is 4.74 Å². The second kappa shape index (κ2) is 9.03. The number of hydrogen-bond acceptors (Lipinski definition) is 3. The van der Waals surface area contributed by atoms with Gasteiger partial charge in [0, 0.05) is 19.2 Å². The molecule has 4 nitrogen and oxygen atoms in total. The van der Waals surface area contributed by atoms with E-state index >= 15 is 0 Å². The molecule has 21 heavy (non-hydrogen) atoms. The SMILES string of the molecule is COCCNC(=O)c1cc(C2CCNCC2)ccc1C.Cl. The number of hydrogen-bond donors (Lipinski definition) is 2. The maximum Gasteiger partial charge on any atom is 0.251 e. The molecular formula is C16H25ClN2O2. The molecule has 5 heteroatoms. The Morgan fingerprint density at radius 3 is 2.76 bits per heavy atom. The van der Waals surface area contributed by atoms with Gasteiger partial charge in [0.05, 0.1) is 6.61 Å². The molecule has 2 rings (SSSR count). The van der Waals surface area contributed by atoms with Gasteiger partial charge in [0.2, 0.25) is 0 Å². The van der Waals surface area contributed by atoms with Gasteiger partial charge in [0.25, 0.3) is 5.91 Å². The van der Waals surface area contributed by atoms with Gasteiger partial charge in [0.1, 0.15) is 0 Å². The number of aryl methyl sites for hydroxylation is 1. The fraction of sp³-hybridized carbons (Fsp3) is 0.562. The molecule has 1 aliphatic heterocycles. The summed E-state index contributed by atoms with van der Waals surface area (Å²) in [7, 11) is 1.63. The van der Waals surface area contributed by atoms with Gasteiger partial charge in [-0.1, -0.05) is 12.1 Å². The van der Waals surface area contributed by atoms with Crippen molar-refractivity contribution in [2.24, 2.45) is 0 Å². The maximum atomic E-state index is 12.2. The van der Waals surface area contributed by atoms with Crippen LogP contribution in [0, 0.1) is 6.92 Å². The zero-order valence-corrected chi connectivity index (χ0v) is 13.6. The van der Waals surface area contributed by atoms with E-state index in [1.54, 1.807) is 7.11 Å². The zero-order chi connectivity index (χ0) is 14.4.